The number of aromatic nitrogens is 1. The number of fused-ring (bicyclic) bond motifs is 1. The minimum Gasteiger partial charge on any atom is -0.346 e. The summed E-state index contributed by atoms with van der Waals surface area (Å²) in [6.45, 7) is 4.09. The van der Waals surface area contributed by atoms with E-state index >= 15 is 0 Å². The van der Waals surface area contributed by atoms with Crippen LogP contribution in [-0.2, 0) is 6.54 Å². The molecule has 0 amide bonds. The maximum absolute atomic E-state index is 4.80. The van der Waals surface area contributed by atoms with Crippen LogP contribution in [0.4, 0.5) is 5.69 Å². The van der Waals surface area contributed by atoms with E-state index in [1.165, 1.54) is 5.56 Å². The van der Waals surface area contributed by atoms with Gasteiger partial charge in [-0.2, -0.15) is 0 Å². The lowest BCUT2D eigenvalue weighted by atomic mass is 10.2. The highest BCUT2D eigenvalue weighted by atomic mass is 79.9. The molecule has 0 radical (unpaired) electrons. The summed E-state index contributed by atoms with van der Waals surface area (Å²) < 4.78 is 1.07. The van der Waals surface area contributed by atoms with Crippen molar-refractivity contribution >= 4 is 38.5 Å². The Morgan fingerprint density at radius 2 is 2.10 bits per heavy atom. The van der Waals surface area contributed by atoms with Gasteiger partial charge in [0.05, 0.1) is 5.69 Å². The first-order chi connectivity index (χ1) is 10.3. The number of halogens is 1. The molecule has 21 heavy (non-hydrogen) atoms. The summed E-state index contributed by atoms with van der Waals surface area (Å²) >= 11 is 5.11. The Balaban J connectivity index is 1.93. The van der Waals surface area contributed by atoms with Crippen LogP contribution in [0.1, 0.15) is 18.9 Å². The van der Waals surface area contributed by atoms with Gasteiger partial charge in [-0.15, -0.1) is 0 Å². The molecule has 1 aromatic carbocycles. The summed E-state index contributed by atoms with van der Waals surface area (Å²) in [7, 11) is 0. The van der Waals surface area contributed by atoms with Gasteiger partial charge in [-0.1, -0.05) is 28.9 Å². The van der Waals surface area contributed by atoms with Crippen molar-refractivity contribution in [3.8, 4) is 0 Å². The summed E-state index contributed by atoms with van der Waals surface area (Å²) in [5.41, 5.74) is 2.26. The average molecular weight is 362 g/mol. The Morgan fingerprint density at radius 1 is 1.29 bits per heavy atom. The lowest BCUT2D eigenvalue weighted by molar-refractivity contribution is 0.411. The highest BCUT2D eigenvalue weighted by Crippen LogP contribution is 2.32. The molecule has 2 aromatic rings. The molecule has 108 valence electrons. The zero-order valence-electron chi connectivity index (χ0n) is 11.8. The fourth-order valence-electron chi connectivity index (χ4n) is 2.22. The normalized spacial score (nSPS) is 16.1. The molecular formula is C16H16BrN3S. The second kappa shape index (κ2) is 6.62. The van der Waals surface area contributed by atoms with Crippen LogP contribution in [0.2, 0.25) is 0 Å². The SMILES string of the molecule is CCCN1Cc2cccnc2SC1=Nc1ccc(Br)cc1. The molecule has 0 N–H and O–H groups in total. The summed E-state index contributed by atoms with van der Waals surface area (Å²) in [5.74, 6) is 0. The third-order valence-electron chi connectivity index (χ3n) is 3.21. The second-order valence-corrected chi connectivity index (χ2v) is 6.73. The van der Waals surface area contributed by atoms with E-state index in [-0.39, 0.29) is 0 Å². The molecule has 0 atom stereocenters. The molecule has 1 aromatic heterocycles. The minimum absolute atomic E-state index is 0.888. The van der Waals surface area contributed by atoms with E-state index in [2.05, 4.69) is 38.8 Å². The van der Waals surface area contributed by atoms with E-state index in [4.69, 9.17) is 4.99 Å². The lowest BCUT2D eigenvalue weighted by Gasteiger charge is -2.30. The van der Waals surface area contributed by atoms with Crippen LogP contribution in [0.5, 0.6) is 0 Å². The first-order valence-electron chi connectivity index (χ1n) is 6.97. The van der Waals surface area contributed by atoms with Crippen LogP contribution in [0, 0.1) is 0 Å². The van der Waals surface area contributed by atoms with Crippen molar-refractivity contribution in [1.29, 1.82) is 0 Å². The van der Waals surface area contributed by atoms with Crippen LogP contribution in [0.3, 0.4) is 0 Å². The Labute approximate surface area is 137 Å². The average Bonchev–Trinajstić information content (AvgIpc) is 2.50. The van der Waals surface area contributed by atoms with E-state index in [0.29, 0.717) is 0 Å². The third kappa shape index (κ3) is 3.47. The van der Waals surface area contributed by atoms with Crippen molar-refractivity contribution in [2.75, 3.05) is 6.54 Å². The van der Waals surface area contributed by atoms with Crippen molar-refractivity contribution in [3.05, 3.63) is 52.6 Å². The number of benzene rings is 1. The fraction of sp³-hybridized carbons (Fsp3) is 0.250. The van der Waals surface area contributed by atoms with Crippen molar-refractivity contribution in [1.82, 2.24) is 9.88 Å². The highest BCUT2D eigenvalue weighted by Gasteiger charge is 2.22. The number of thioether (sulfide) groups is 1. The second-order valence-electron chi connectivity index (χ2n) is 4.86. The third-order valence-corrected chi connectivity index (χ3v) is 4.84. The van der Waals surface area contributed by atoms with E-state index in [1.807, 2.05) is 36.5 Å². The summed E-state index contributed by atoms with van der Waals surface area (Å²) in [4.78, 5) is 11.6. The van der Waals surface area contributed by atoms with Gasteiger partial charge in [0.25, 0.3) is 0 Å². The largest absolute Gasteiger partial charge is 0.346 e. The van der Waals surface area contributed by atoms with E-state index in [9.17, 15) is 0 Å². The number of rotatable bonds is 3. The number of hydrogen-bond donors (Lipinski definition) is 0. The Kier molecular flexibility index (Phi) is 4.60. The van der Waals surface area contributed by atoms with Gasteiger partial charge < -0.3 is 4.90 Å². The molecule has 3 nitrogen and oxygen atoms in total. The molecule has 0 aliphatic carbocycles. The van der Waals surface area contributed by atoms with Crippen molar-refractivity contribution < 1.29 is 0 Å². The predicted molar refractivity (Wildman–Crippen MR) is 92.0 cm³/mol. The Hall–Kier alpha value is -1.33. The fourth-order valence-corrected chi connectivity index (χ4v) is 3.48. The van der Waals surface area contributed by atoms with E-state index in [0.717, 1.165) is 39.9 Å². The van der Waals surface area contributed by atoms with Gasteiger partial charge in [0.1, 0.15) is 5.03 Å². The van der Waals surface area contributed by atoms with E-state index < -0.39 is 0 Å². The van der Waals surface area contributed by atoms with Crippen molar-refractivity contribution in [3.63, 3.8) is 0 Å². The molecule has 3 rings (SSSR count). The molecule has 0 saturated carbocycles. The first-order valence-corrected chi connectivity index (χ1v) is 8.58. The van der Waals surface area contributed by atoms with Crippen LogP contribution in [0.15, 0.2) is 57.1 Å². The quantitative estimate of drug-likeness (QED) is 0.782. The number of amidine groups is 1. The van der Waals surface area contributed by atoms with Gasteiger partial charge in [-0.05, 0) is 48.5 Å². The number of pyridine rings is 1. The number of hydrogen-bond acceptors (Lipinski definition) is 3. The monoisotopic (exact) mass is 361 g/mol. The molecule has 0 fully saturated rings. The van der Waals surface area contributed by atoms with Crippen molar-refractivity contribution in [2.24, 2.45) is 4.99 Å². The molecule has 1 aliphatic heterocycles. The number of aliphatic imine (C=N–C) groups is 1. The molecule has 5 heteroatoms. The molecule has 0 bridgehead atoms. The Morgan fingerprint density at radius 3 is 2.86 bits per heavy atom. The molecule has 0 saturated heterocycles. The molecule has 1 aliphatic rings. The molecule has 0 unspecified atom stereocenters. The van der Waals surface area contributed by atoms with Crippen LogP contribution in [0.25, 0.3) is 0 Å². The summed E-state index contributed by atoms with van der Waals surface area (Å²) in [6.07, 6.45) is 2.95. The standard InChI is InChI=1S/C16H16BrN3S/c1-2-10-20-11-12-4-3-9-18-15(12)21-16(20)19-14-7-5-13(17)6-8-14/h3-9H,2,10-11H2,1H3. The first kappa shape index (κ1) is 14.6. The zero-order chi connectivity index (χ0) is 14.7. The predicted octanol–water partition coefficient (Wildman–Crippen LogP) is 4.85. The van der Waals surface area contributed by atoms with Gasteiger partial charge in [0.15, 0.2) is 5.17 Å². The van der Waals surface area contributed by atoms with Crippen LogP contribution < -0.4 is 0 Å². The topological polar surface area (TPSA) is 28.5 Å². The maximum Gasteiger partial charge on any atom is 0.171 e. The smallest absolute Gasteiger partial charge is 0.171 e. The van der Waals surface area contributed by atoms with Crippen LogP contribution >= 0.6 is 27.7 Å². The van der Waals surface area contributed by atoms with Crippen LogP contribution in [-0.4, -0.2) is 21.6 Å². The lowest BCUT2D eigenvalue weighted by Crippen LogP contribution is -2.32. The molecular weight excluding hydrogens is 346 g/mol. The minimum atomic E-state index is 0.888. The van der Waals surface area contributed by atoms with E-state index in [1.54, 1.807) is 11.8 Å². The summed E-state index contributed by atoms with van der Waals surface area (Å²) in [6, 6.07) is 12.2. The summed E-state index contributed by atoms with van der Waals surface area (Å²) in [5, 5.41) is 2.10. The number of nitrogens with zero attached hydrogens (tertiary/aromatic N) is 3. The van der Waals surface area contributed by atoms with Crippen molar-refractivity contribution in [2.45, 2.75) is 24.9 Å². The van der Waals surface area contributed by atoms with Gasteiger partial charge in [-0.3, -0.25) is 0 Å². The zero-order valence-corrected chi connectivity index (χ0v) is 14.2. The molecule has 0 spiro atoms. The Bertz CT molecular complexity index is 655. The highest BCUT2D eigenvalue weighted by molar-refractivity contribution is 9.10. The van der Waals surface area contributed by atoms with Gasteiger partial charge in [-0.25, -0.2) is 9.98 Å². The maximum atomic E-state index is 4.80. The van der Waals surface area contributed by atoms with Gasteiger partial charge in [0, 0.05) is 29.3 Å². The molecule has 2 heterocycles. The van der Waals surface area contributed by atoms with Gasteiger partial charge >= 0.3 is 0 Å². The van der Waals surface area contributed by atoms with Gasteiger partial charge in [0.2, 0.25) is 0 Å².